The normalized spacial score (nSPS) is 11.0. The maximum Gasteiger partial charge on any atom is 0.355 e. The number of aromatic carboxylic acids is 1. The molecule has 0 saturated carbocycles. The van der Waals surface area contributed by atoms with Crippen LogP contribution in [0.5, 0.6) is 0 Å². The van der Waals surface area contributed by atoms with E-state index in [9.17, 15) is 9.90 Å². The Morgan fingerprint density at radius 3 is 2.62 bits per heavy atom. The van der Waals surface area contributed by atoms with Crippen molar-refractivity contribution >= 4 is 23.2 Å². The van der Waals surface area contributed by atoms with Crippen molar-refractivity contribution in [3.8, 4) is 11.3 Å². The lowest BCUT2D eigenvalue weighted by molar-refractivity contribution is 0.0690. The van der Waals surface area contributed by atoms with E-state index in [1.165, 1.54) is 4.40 Å². The molecule has 106 valence electrons. The summed E-state index contributed by atoms with van der Waals surface area (Å²) in [7, 11) is 0. The third kappa shape index (κ3) is 2.28. The van der Waals surface area contributed by atoms with Gasteiger partial charge in [0, 0.05) is 11.8 Å². The lowest BCUT2D eigenvalue weighted by atomic mass is 10.0. The Morgan fingerprint density at radius 2 is 1.95 bits per heavy atom. The first-order valence-corrected chi connectivity index (χ1v) is 6.83. The predicted molar refractivity (Wildman–Crippen MR) is 82.1 cm³/mol. The summed E-state index contributed by atoms with van der Waals surface area (Å²) in [6, 6.07) is 9.20. The molecule has 0 spiro atoms. The molecule has 0 radical (unpaired) electrons. The molecule has 3 rings (SSSR count). The summed E-state index contributed by atoms with van der Waals surface area (Å²) in [5.74, 6) is -1.03. The molecule has 1 N–H and O–H groups in total. The zero-order valence-electron chi connectivity index (χ0n) is 11.6. The van der Waals surface area contributed by atoms with Crippen LogP contribution in [-0.4, -0.2) is 20.5 Å². The fraction of sp³-hybridized carbons (Fsp3) is 0.125. The van der Waals surface area contributed by atoms with E-state index in [1.54, 1.807) is 18.3 Å². The number of carbonyl (C=O) groups is 1. The van der Waals surface area contributed by atoms with E-state index in [0.29, 0.717) is 16.4 Å². The van der Waals surface area contributed by atoms with E-state index >= 15 is 0 Å². The average molecular weight is 301 g/mol. The Hall–Kier alpha value is -2.33. The molecule has 2 aromatic heterocycles. The highest BCUT2D eigenvalue weighted by Gasteiger charge is 2.20. The second-order valence-corrected chi connectivity index (χ2v) is 5.43. The van der Waals surface area contributed by atoms with Gasteiger partial charge in [-0.25, -0.2) is 9.78 Å². The summed E-state index contributed by atoms with van der Waals surface area (Å²) in [6.07, 6.45) is 1.57. The topological polar surface area (TPSA) is 54.6 Å². The molecule has 0 aliphatic carbocycles. The fourth-order valence-corrected chi connectivity index (χ4v) is 2.47. The number of aryl methyl sites for hydroxylation is 2. The molecule has 0 aliphatic rings. The number of carboxylic acid groups (broad SMARTS) is 1. The molecule has 0 amide bonds. The van der Waals surface area contributed by atoms with Crippen molar-refractivity contribution in [2.24, 2.45) is 0 Å². The molecule has 2 heterocycles. The number of rotatable bonds is 2. The lowest BCUT2D eigenvalue weighted by Gasteiger charge is -2.04. The number of carboxylic acids is 1. The van der Waals surface area contributed by atoms with Crippen LogP contribution in [0.2, 0.25) is 5.02 Å². The Morgan fingerprint density at radius 1 is 1.19 bits per heavy atom. The molecular weight excluding hydrogens is 288 g/mol. The first kappa shape index (κ1) is 13.6. The molecular formula is C16H13ClN2O2. The Kier molecular flexibility index (Phi) is 3.18. The van der Waals surface area contributed by atoms with Crippen molar-refractivity contribution < 1.29 is 9.90 Å². The molecule has 0 aliphatic heterocycles. The van der Waals surface area contributed by atoms with Crippen molar-refractivity contribution in [2.45, 2.75) is 13.8 Å². The van der Waals surface area contributed by atoms with Crippen LogP contribution in [-0.2, 0) is 0 Å². The predicted octanol–water partition coefficient (Wildman–Crippen LogP) is 3.97. The van der Waals surface area contributed by atoms with Gasteiger partial charge in [0.1, 0.15) is 11.3 Å². The van der Waals surface area contributed by atoms with Crippen molar-refractivity contribution in [2.75, 3.05) is 0 Å². The number of pyridine rings is 1. The minimum atomic E-state index is -1.03. The van der Waals surface area contributed by atoms with Crippen LogP contribution in [0.25, 0.3) is 16.9 Å². The molecule has 1 aromatic carbocycles. The standard InChI is InChI=1S/C16H13ClN2O2/c1-9-3-4-11(7-10(9)2)14-15(16(20)21)19-8-12(17)5-6-13(19)18-14/h3-8H,1-2H3,(H,20,21). The number of imidazole rings is 1. The number of fused-ring (bicyclic) bond motifs is 1. The quantitative estimate of drug-likeness (QED) is 0.779. The van der Waals surface area contributed by atoms with E-state index in [4.69, 9.17) is 11.6 Å². The van der Waals surface area contributed by atoms with Gasteiger partial charge in [0.15, 0.2) is 5.69 Å². The van der Waals surface area contributed by atoms with Crippen LogP contribution in [0, 0.1) is 13.8 Å². The van der Waals surface area contributed by atoms with Gasteiger partial charge in [-0.05, 0) is 43.2 Å². The van der Waals surface area contributed by atoms with Crippen molar-refractivity contribution in [3.05, 3.63) is 58.4 Å². The van der Waals surface area contributed by atoms with E-state index in [2.05, 4.69) is 4.98 Å². The van der Waals surface area contributed by atoms with Gasteiger partial charge in [0.25, 0.3) is 0 Å². The molecule has 3 aromatic rings. The Labute approximate surface area is 126 Å². The molecule has 5 heteroatoms. The third-order valence-corrected chi connectivity index (χ3v) is 3.79. The summed E-state index contributed by atoms with van der Waals surface area (Å²) < 4.78 is 1.51. The van der Waals surface area contributed by atoms with Crippen LogP contribution in [0.4, 0.5) is 0 Å². The average Bonchev–Trinajstić information content (AvgIpc) is 2.80. The highest BCUT2D eigenvalue weighted by Crippen LogP contribution is 2.27. The molecule has 4 nitrogen and oxygen atoms in total. The van der Waals surface area contributed by atoms with E-state index in [0.717, 1.165) is 16.7 Å². The summed E-state index contributed by atoms with van der Waals surface area (Å²) in [6.45, 7) is 4.01. The number of nitrogens with zero attached hydrogens (tertiary/aromatic N) is 2. The summed E-state index contributed by atoms with van der Waals surface area (Å²) in [4.78, 5) is 16.1. The molecule has 0 fully saturated rings. The van der Waals surface area contributed by atoms with Crippen LogP contribution >= 0.6 is 11.6 Å². The summed E-state index contributed by atoms with van der Waals surface area (Å²) in [5, 5.41) is 9.99. The lowest BCUT2D eigenvalue weighted by Crippen LogP contribution is -2.03. The number of hydrogen-bond acceptors (Lipinski definition) is 2. The number of hydrogen-bond donors (Lipinski definition) is 1. The maximum absolute atomic E-state index is 11.6. The van der Waals surface area contributed by atoms with Crippen LogP contribution < -0.4 is 0 Å². The highest BCUT2D eigenvalue weighted by molar-refractivity contribution is 6.30. The van der Waals surface area contributed by atoms with Crippen LogP contribution in [0.3, 0.4) is 0 Å². The maximum atomic E-state index is 11.6. The minimum Gasteiger partial charge on any atom is -0.476 e. The first-order valence-electron chi connectivity index (χ1n) is 6.46. The molecule has 21 heavy (non-hydrogen) atoms. The zero-order valence-corrected chi connectivity index (χ0v) is 12.3. The number of benzene rings is 1. The van der Waals surface area contributed by atoms with E-state index < -0.39 is 5.97 Å². The van der Waals surface area contributed by atoms with Gasteiger partial charge in [-0.2, -0.15) is 0 Å². The van der Waals surface area contributed by atoms with Gasteiger partial charge in [0.2, 0.25) is 0 Å². The summed E-state index contributed by atoms with van der Waals surface area (Å²) in [5.41, 5.74) is 4.17. The van der Waals surface area contributed by atoms with Crippen molar-refractivity contribution in [1.82, 2.24) is 9.38 Å². The number of aromatic nitrogens is 2. The molecule has 0 saturated heterocycles. The monoisotopic (exact) mass is 300 g/mol. The van der Waals surface area contributed by atoms with Gasteiger partial charge in [-0.1, -0.05) is 23.7 Å². The second-order valence-electron chi connectivity index (χ2n) is 4.99. The minimum absolute atomic E-state index is 0.121. The van der Waals surface area contributed by atoms with Gasteiger partial charge >= 0.3 is 5.97 Å². The van der Waals surface area contributed by atoms with Crippen LogP contribution in [0.15, 0.2) is 36.5 Å². The number of halogens is 1. The van der Waals surface area contributed by atoms with E-state index in [1.807, 2.05) is 32.0 Å². The fourth-order valence-electron chi connectivity index (χ4n) is 2.31. The smallest absolute Gasteiger partial charge is 0.355 e. The van der Waals surface area contributed by atoms with Gasteiger partial charge in [-0.3, -0.25) is 4.40 Å². The second kappa shape index (κ2) is 4.90. The largest absolute Gasteiger partial charge is 0.476 e. The zero-order chi connectivity index (χ0) is 15.1. The SMILES string of the molecule is Cc1ccc(-c2nc3ccc(Cl)cn3c2C(=O)O)cc1C. The molecule has 0 bridgehead atoms. The summed E-state index contributed by atoms with van der Waals surface area (Å²) >= 11 is 5.96. The Balaban J connectivity index is 2.33. The van der Waals surface area contributed by atoms with Crippen LogP contribution in [0.1, 0.15) is 21.6 Å². The van der Waals surface area contributed by atoms with Gasteiger partial charge in [0.05, 0.1) is 5.02 Å². The van der Waals surface area contributed by atoms with Crippen molar-refractivity contribution in [3.63, 3.8) is 0 Å². The Bertz CT molecular complexity index is 868. The highest BCUT2D eigenvalue weighted by atomic mass is 35.5. The third-order valence-electron chi connectivity index (χ3n) is 3.57. The van der Waals surface area contributed by atoms with Crippen molar-refractivity contribution in [1.29, 1.82) is 0 Å². The first-order chi connectivity index (χ1) is 9.97. The van der Waals surface area contributed by atoms with Gasteiger partial charge < -0.3 is 5.11 Å². The van der Waals surface area contributed by atoms with Gasteiger partial charge in [-0.15, -0.1) is 0 Å². The molecule has 0 atom stereocenters. The molecule has 0 unspecified atom stereocenters. The van der Waals surface area contributed by atoms with E-state index in [-0.39, 0.29) is 5.69 Å².